The Hall–Kier alpha value is -3.82. The van der Waals surface area contributed by atoms with Gasteiger partial charge in [-0.1, -0.05) is 5.21 Å². The van der Waals surface area contributed by atoms with Gasteiger partial charge in [0, 0.05) is 18.0 Å². The molecule has 0 spiro atoms. The minimum atomic E-state index is 0.396. The number of nitrogens with zero attached hydrogens (tertiary/aromatic N) is 6. The topological polar surface area (TPSA) is 102 Å². The van der Waals surface area contributed by atoms with E-state index in [9.17, 15) is 0 Å². The first-order valence-electron chi connectivity index (χ1n) is 7.94. The molecular weight excluding hydrogens is 352 g/mol. The number of aromatic nitrogens is 6. The molecule has 4 aromatic rings. The maximum absolute atomic E-state index is 5.42. The average Bonchev–Trinajstić information content (AvgIpc) is 3.46. The number of ether oxygens (including phenoxy) is 3. The van der Waals surface area contributed by atoms with Crippen LogP contribution in [0.4, 0.5) is 0 Å². The maximum atomic E-state index is 5.42. The number of rotatable bonds is 6. The van der Waals surface area contributed by atoms with Crippen LogP contribution in [-0.2, 0) is 0 Å². The summed E-state index contributed by atoms with van der Waals surface area (Å²) in [6.45, 7) is 0. The molecule has 27 heavy (non-hydrogen) atoms. The molecule has 3 aromatic heterocycles. The van der Waals surface area contributed by atoms with Crippen LogP contribution in [-0.4, -0.2) is 51.2 Å². The van der Waals surface area contributed by atoms with Crippen molar-refractivity contribution in [3.63, 3.8) is 0 Å². The minimum absolute atomic E-state index is 0.396. The van der Waals surface area contributed by atoms with Gasteiger partial charge in [-0.15, -0.1) is 5.10 Å². The van der Waals surface area contributed by atoms with Gasteiger partial charge in [-0.25, -0.2) is 4.63 Å². The number of hydrogen-bond acceptors (Lipinski definition) is 8. The van der Waals surface area contributed by atoms with Gasteiger partial charge in [0.15, 0.2) is 11.5 Å². The van der Waals surface area contributed by atoms with Crippen molar-refractivity contribution in [2.45, 2.75) is 0 Å². The summed E-state index contributed by atoms with van der Waals surface area (Å²) in [5.41, 5.74) is 1.40. The molecule has 0 saturated carbocycles. The molecule has 0 aliphatic heterocycles. The molecule has 3 heterocycles. The normalized spacial score (nSPS) is 10.8. The zero-order valence-electron chi connectivity index (χ0n) is 14.9. The van der Waals surface area contributed by atoms with Crippen molar-refractivity contribution >= 4 is 0 Å². The molecular formula is C17H16N6O4. The van der Waals surface area contributed by atoms with E-state index in [1.54, 1.807) is 44.2 Å². The van der Waals surface area contributed by atoms with Gasteiger partial charge in [0.1, 0.15) is 0 Å². The Morgan fingerprint density at radius 2 is 1.56 bits per heavy atom. The lowest BCUT2D eigenvalue weighted by atomic mass is 10.1. The zero-order chi connectivity index (χ0) is 18.8. The second kappa shape index (κ2) is 6.83. The fraction of sp³-hybridized carbons (Fsp3) is 0.176. The van der Waals surface area contributed by atoms with Crippen LogP contribution >= 0.6 is 0 Å². The predicted molar refractivity (Wildman–Crippen MR) is 93.6 cm³/mol. The van der Waals surface area contributed by atoms with Gasteiger partial charge in [0.25, 0.3) is 0 Å². The van der Waals surface area contributed by atoms with E-state index < -0.39 is 0 Å². The summed E-state index contributed by atoms with van der Waals surface area (Å²) in [6, 6.07) is 7.36. The van der Waals surface area contributed by atoms with Crippen LogP contribution < -0.4 is 14.2 Å². The quantitative estimate of drug-likeness (QED) is 0.510. The van der Waals surface area contributed by atoms with Crippen molar-refractivity contribution in [3.05, 3.63) is 42.9 Å². The molecule has 0 saturated heterocycles. The number of methoxy groups -OCH3 is 3. The van der Waals surface area contributed by atoms with Crippen molar-refractivity contribution in [2.75, 3.05) is 21.3 Å². The van der Waals surface area contributed by atoms with E-state index in [1.807, 2.05) is 24.5 Å². The van der Waals surface area contributed by atoms with Crippen LogP contribution in [0.3, 0.4) is 0 Å². The highest BCUT2D eigenvalue weighted by atomic mass is 16.6. The molecule has 0 aliphatic carbocycles. The van der Waals surface area contributed by atoms with E-state index in [4.69, 9.17) is 18.8 Å². The SMILES string of the molecule is COc1cc(-c2cnnn2-c2nonc2-n2cccc2)cc(OC)c1OC. The van der Waals surface area contributed by atoms with Gasteiger partial charge < -0.3 is 18.8 Å². The lowest BCUT2D eigenvalue weighted by Crippen LogP contribution is -2.05. The molecule has 0 atom stereocenters. The third kappa shape index (κ3) is 2.76. The van der Waals surface area contributed by atoms with Crippen LogP contribution in [0.2, 0.25) is 0 Å². The third-order valence-corrected chi connectivity index (χ3v) is 4.01. The summed E-state index contributed by atoms with van der Waals surface area (Å²) < 4.78 is 24.5. The minimum Gasteiger partial charge on any atom is -0.493 e. The summed E-state index contributed by atoms with van der Waals surface area (Å²) in [5.74, 6) is 2.41. The highest BCUT2D eigenvalue weighted by molar-refractivity contribution is 5.69. The third-order valence-electron chi connectivity index (χ3n) is 4.01. The molecule has 0 aliphatic rings. The molecule has 0 N–H and O–H groups in total. The van der Waals surface area contributed by atoms with Crippen LogP contribution in [0.5, 0.6) is 17.2 Å². The first-order valence-corrected chi connectivity index (χ1v) is 7.94. The van der Waals surface area contributed by atoms with E-state index in [-0.39, 0.29) is 0 Å². The van der Waals surface area contributed by atoms with Crippen molar-refractivity contribution < 1.29 is 18.8 Å². The van der Waals surface area contributed by atoms with E-state index >= 15 is 0 Å². The lowest BCUT2D eigenvalue weighted by molar-refractivity contribution is 0.304. The van der Waals surface area contributed by atoms with Crippen LogP contribution in [0.25, 0.3) is 22.9 Å². The smallest absolute Gasteiger partial charge is 0.245 e. The number of hydrogen-bond donors (Lipinski definition) is 0. The van der Waals surface area contributed by atoms with Gasteiger partial charge in [0.2, 0.25) is 17.4 Å². The zero-order valence-corrected chi connectivity index (χ0v) is 14.9. The van der Waals surface area contributed by atoms with Crippen LogP contribution in [0.1, 0.15) is 0 Å². The standard InChI is InChI=1S/C17H16N6O4/c1-24-13-8-11(9-14(25-2)15(13)26-3)12-10-18-21-23(12)17-16(19-27-20-17)22-6-4-5-7-22/h4-10H,1-3H3. The molecule has 1 aromatic carbocycles. The first kappa shape index (κ1) is 16.6. The Bertz CT molecular complexity index is 1030. The van der Waals surface area contributed by atoms with Crippen molar-refractivity contribution in [1.82, 2.24) is 29.9 Å². The second-order valence-electron chi connectivity index (χ2n) is 5.45. The molecule has 0 radical (unpaired) electrons. The Morgan fingerprint density at radius 1 is 0.889 bits per heavy atom. The van der Waals surface area contributed by atoms with Gasteiger partial charge in [-0.2, -0.15) is 4.68 Å². The van der Waals surface area contributed by atoms with Crippen molar-refractivity contribution in [1.29, 1.82) is 0 Å². The average molecular weight is 368 g/mol. The molecule has 0 unspecified atom stereocenters. The predicted octanol–water partition coefficient (Wildman–Crippen LogP) is 2.13. The number of benzene rings is 1. The van der Waals surface area contributed by atoms with Crippen LogP contribution in [0, 0.1) is 0 Å². The molecule has 0 bridgehead atoms. The highest BCUT2D eigenvalue weighted by Crippen LogP contribution is 2.41. The van der Waals surface area contributed by atoms with Crippen LogP contribution in [0.15, 0.2) is 47.5 Å². The van der Waals surface area contributed by atoms with E-state index in [0.29, 0.717) is 34.6 Å². The van der Waals surface area contributed by atoms with Crippen molar-refractivity contribution in [2.24, 2.45) is 0 Å². The molecule has 0 fully saturated rings. The maximum Gasteiger partial charge on any atom is 0.245 e. The van der Waals surface area contributed by atoms with Crippen molar-refractivity contribution in [3.8, 4) is 40.1 Å². The Kier molecular flexibility index (Phi) is 4.21. The summed E-state index contributed by atoms with van der Waals surface area (Å²) in [5, 5.41) is 16.1. The molecule has 0 amide bonds. The Labute approximate surface area is 153 Å². The highest BCUT2D eigenvalue weighted by Gasteiger charge is 2.21. The Morgan fingerprint density at radius 3 is 2.19 bits per heavy atom. The lowest BCUT2D eigenvalue weighted by Gasteiger charge is -2.14. The van der Waals surface area contributed by atoms with Gasteiger partial charge in [-0.05, 0) is 34.6 Å². The molecule has 10 heteroatoms. The summed E-state index contributed by atoms with van der Waals surface area (Å²) >= 11 is 0. The molecule has 10 nitrogen and oxygen atoms in total. The largest absolute Gasteiger partial charge is 0.493 e. The fourth-order valence-corrected chi connectivity index (χ4v) is 2.77. The van der Waals surface area contributed by atoms with Gasteiger partial charge in [0.05, 0.1) is 33.2 Å². The summed E-state index contributed by atoms with van der Waals surface area (Å²) in [7, 11) is 4.67. The fourth-order valence-electron chi connectivity index (χ4n) is 2.77. The first-order chi connectivity index (χ1) is 13.3. The molecule has 138 valence electrons. The Balaban J connectivity index is 1.86. The van der Waals surface area contributed by atoms with E-state index in [0.717, 1.165) is 5.56 Å². The van der Waals surface area contributed by atoms with E-state index in [2.05, 4.69) is 20.6 Å². The monoisotopic (exact) mass is 368 g/mol. The van der Waals surface area contributed by atoms with E-state index in [1.165, 1.54) is 4.68 Å². The second-order valence-corrected chi connectivity index (χ2v) is 5.45. The summed E-state index contributed by atoms with van der Waals surface area (Å²) in [4.78, 5) is 0. The van der Waals surface area contributed by atoms with Gasteiger partial charge >= 0.3 is 0 Å². The molecule has 4 rings (SSSR count). The summed E-state index contributed by atoms with van der Waals surface area (Å²) in [6.07, 6.45) is 5.27. The van der Waals surface area contributed by atoms with Gasteiger partial charge in [-0.3, -0.25) is 0 Å².